The molecule has 1 rings (SSSR count). The number of rotatable bonds is 5. The normalized spacial score (nSPS) is 17.1. The van der Waals surface area contributed by atoms with Gasteiger partial charge in [-0.05, 0) is 69.9 Å². The molecule has 0 unspecified atom stereocenters. The summed E-state index contributed by atoms with van der Waals surface area (Å²) >= 11 is 2.45. The fourth-order valence-electron chi connectivity index (χ4n) is 2.90. The predicted molar refractivity (Wildman–Crippen MR) is 98.9 cm³/mol. The molecule has 1 heterocycles. The lowest BCUT2D eigenvalue weighted by atomic mass is 9.89. The monoisotopic (exact) mass is 387 g/mol. The Kier molecular flexibility index (Phi) is 7.93. The summed E-state index contributed by atoms with van der Waals surface area (Å²) in [6.07, 6.45) is 11.1. The molecule has 0 radical (unpaired) electrons. The molecular formula is C18H30IN. The van der Waals surface area contributed by atoms with Crippen LogP contribution in [0.4, 0.5) is 0 Å². The van der Waals surface area contributed by atoms with Crippen LogP contribution in [0.1, 0.15) is 66.7 Å². The van der Waals surface area contributed by atoms with Crippen LogP contribution < -0.4 is 0 Å². The molecule has 0 N–H and O–H groups in total. The Labute approximate surface area is 139 Å². The van der Waals surface area contributed by atoms with Crippen molar-refractivity contribution in [2.75, 3.05) is 6.54 Å². The summed E-state index contributed by atoms with van der Waals surface area (Å²) in [6.45, 7) is 12.5. The van der Waals surface area contributed by atoms with Crippen molar-refractivity contribution >= 4 is 22.9 Å². The summed E-state index contributed by atoms with van der Waals surface area (Å²) in [5, 5.41) is 0. The van der Waals surface area contributed by atoms with Crippen LogP contribution in [-0.4, -0.2) is 9.66 Å². The molecule has 0 aromatic heterocycles. The van der Waals surface area contributed by atoms with Crippen molar-refractivity contribution in [1.29, 1.82) is 0 Å². The van der Waals surface area contributed by atoms with E-state index in [4.69, 9.17) is 0 Å². The third kappa shape index (κ3) is 4.94. The third-order valence-electron chi connectivity index (χ3n) is 4.35. The number of hydrogen-bond acceptors (Lipinski definition) is 1. The molecule has 0 spiro atoms. The maximum atomic E-state index is 2.45. The van der Waals surface area contributed by atoms with Crippen molar-refractivity contribution in [2.45, 2.75) is 66.7 Å². The maximum absolute atomic E-state index is 2.45. The van der Waals surface area contributed by atoms with Gasteiger partial charge in [-0.3, -0.25) is 0 Å². The van der Waals surface area contributed by atoms with Gasteiger partial charge in [-0.15, -0.1) is 0 Å². The minimum absolute atomic E-state index is 0.707. The van der Waals surface area contributed by atoms with Crippen LogP contribution in [0, 0.1) is 5.92 Å². The third-order valence-corrected chi connectivity index (χ3v) is 5.55. The summed E-state index contributed by atoms with van der Waals surface area (Å²) in [7, 11) is 0. The van der Waals surface area contributed by atoms with Gasteiger partial charge in [-0.2, -0.15) is 0 Å². The van der Waals surface area contributed by atoms with E-state index in [9.17, 15) is 0 Å². The van der Waals surface area contributed by atoms with Crippen LogP contribution in [0.5, 0.6) is 0 Å². The minimum atomic E-state index is 0.707. The number of nitrogens with zero attached hydrogens (tertiary/aromatic N) is 1. The van der Waals surface area contributed by atoms with E-state index in [0.29, 0.717) is 5.92 Å². The highest BCUT2D eigenvalue weighted by Gasteiger charge is 2.12. The first kappa shape index (κ1) is 17.8. The van der Waals surface area contributed by atoms with Gasteiger partial charge in [0.1, 0.15) is 0 Å². The quantitative estimate of drug-likeness (QED) is 0.299. The van der Waals surface area contributed by atoms with Gasteiger partial charge in [-0.25, -0.2) is 0 Å². The Morgan fingerprint density at radius 3 is 2.45 bits per heavy atom. The van der Waals surface area contributed by atoms with E-state index in [2.05, 4.69) is 72.7 Å². The SMILES string of the molecule is CCC(CC)C(/C=C\C1=C(C)N(I)CCCC1)=C(C)C. The summed E-state index contributed by atoms with van der Waals surface area (Å²) < 4.78 is 2.38. The van der Waals surface area contributed by atoms with Crippen molar-refractivity contribution < 1.29 is 0 Å². The lowest BCUT2D eigenvalue weighted by Gasteiger charge is -2.18. The molecule has 0 aromatic rings. The van der Waals surface area contributed by atoms with Crippen LogP contribution in [0.3, 0.4) is 0 Å². The van der Waals surface area contributed by atoms with Gasteiger partial charge in [0.15, 0.2) is 0 Å². The molecule has 1 aliphatic rings. The first-order valence-corrected chi connectivity index (χ1v) is 8.96. The molecule has 1 nitrogen and oxygen atoms in total. The first-order valence-electron chi connectivity index (χ1n) is 7.99. The van der Waals surface area contributed by atoms with Gasteiger partial charge in [0, 0.05) is 12.2 Å². The van der Waals surface area contributed by atoms with Crippen LogP contribution >= 0.6 is 22.9 Å². The van der Waals surface area contributed by atoms with Gasteiger partial charge in [0.05, 0.1) is 22.9 Å². The number of halogens is 1. The minimum Gasteiger partial charge on any atom is -0.319 e. The van der Waals surface area contributed by atoms with Gasteiger partial charge < -0.3 is 3.11 Å². The molecule has 0 aromatic carbocycles. The van der Waals surface area contributed by atoms with Crippen LogP contribution in [0.25, 0.3) is 0 Å². The molecule has 0 fully saturated rings. The summed E-state index contributed by atoms with van der Waals surface area (Å²) in [5.74, 6) is 0.707. The fourth-order valence-corrected chi connectivity index (χ4v) is 3.56. The lowest BCUT2D eigenvalue weighted by Crippen LogP contribution is -2.09. The zero-order chi connectivity index (χ0) is 15.1. The zero-order valence-electron chi connectivity index (χ0n) is 13.8. The van der Waals surface area contributed by atoms with Crippen molar-refractivity contribution in [3.8, 4) is 0 Å². The van der Waals surface area contributed by atoms with E-state index in [1.807, 2.05) is 0 Å². The standard InChI is InChI=1S/C18H30IN/c1-6-16(7-2)18(14(3)4)12-11-17-10-8-9-13-20(19)15(17)5/h11-12,16H,6-10,13H2,1-5H3/b12-11-. The summed E-state index contributed by atoms with van der Waals surface area (Å²) in [5.41, 5.74) is 5.96. The molecule has 1 aliphatic heterocycles. The smallest absolute Gasteiger partial charge is 0.0588 e. The topological polar surface area (TPSA) is 3.24 Å². The molecule has 0 saturated carbocycles. The second kappa shape index (κ2) is 8.91. The van der Waals surface area contributed by atoms with Gasteiger partial charge in [0.25, 0.3) is 0 Å². The van der Waals surface area contributed by atoms with Crippen molar-refractivity contribution in [2.24, 2.45) is 5.92 Å². The van der Waals surface area contributed by atoms with E-state index in [0.717, 1.165) is 0 Å². The molecular weight excluding hydrogens is 357 g/mol. The Bertz CT molecular complexity index is 396. The van der Waals surface area contributed by atoms with Crippen molar-refractivity contribution in [3.05, 3.63) is 34.6 Å². The van der Waals surface area contributed by atoms with Crippen molar-refractivity contribution in [3.63, 3.8) is 0 Å². The van der Waals surface area contributed by atoms with E-state index in [1.165, 1.54) is 55.5 Å². The number of allylic oxidation sites excluding steroid dienone is 6. The van der Waals surface area contributed by atoms with E-state index in [1.54, 1.807) is 5.57 Å². The van der Waals surface area contributed by atoms with Crippen LogP contribution in [0.2, 0.25) is 0 Å². The van der Waals surface area contributed by atoms with Crippen LogP contribution in [0.15, 0.2) is 34.6 Å². The molecule has 114 valence electrons. The molecule has 0 bridgehead atoms. The van der Waals surface area contributed by atoms with E-state index in [-0.39, 0.29) is 0 Å². The second-order valence-electron chi connectivity index (χ2n) is 5.96. The van der Waals surface area contributed by atoms with E-state index < -0.39 is 0 Å². The van der Waals surface area contributed by atoms with Crippen LogP contribution in [-0.2, 0) is 0 Å². The van der Waals surface area contributed by atoms with Gasteiger partial charge in [0.2, 0.25) is 0 Å². The van der Waals surface area contributed by atoms with Gasteiger partial charge >= 0.3 is 0 Å². The maximum Gasteiger partial charge on any atom is 0.0588 e. The highest BCUT2D eigenvalue weighted by molar-refractivity contribution is 14.1. The zero-order valence-corrected chi connectivity index (χ0v) is 16.0. The molecule has 0 aliphatic carbocycles. The molecule has 2 heteroatoms. The molecule has 0 amide bonds. The largest absolute Gasteiger partial charge is 0.319 e. The Morgan fingerprint density at radius 2 is 1.90 bits per heavy atom. The summed E-state index contributed by atoms with van der Waals surface area (Å²) in [4.78, 5) is 0. The highest BCUT2D eigenvalue weighted by Crippen LogP contribution is 2.28. The van der Waals surface area contributed by atoms with E-state index >= 15 is 0 Å². The average Bonchev–Trinajstić information content (AvgIpc) is 2.58. The fraction of sp³-hybridized carbons (Fsp3) is 0.667. The Morgan fingerprint density at radius 1 is 1.25 bits per heavy atom. The van der Waals surface area contributed by atoms with Crippen molar-refractivity contribution in [1.82, 2.24) is 3.11 Å². The molecule has 20 heavy (non-hydrogen) atoms. The highest BCUT2D eigenvalue weighted by atomic mass is 127. The first-order chi connectivity index (χ1) is 9.51. The average molecular weight is 387 g/mol. The molecule has 0 saturated heterocycles. The second-order valence-corrected chi connectivity index (χ2v) is 7.12. The summed E-state index contributed by atoms with van der Waals surface area (Å²) in [6, 6.07) is 0. The van der Waals surface area contributed by atoms with Gasteiger partial charge in [-0.1, -0.05) is 31.6 Å². The Hall–Kier alpha value is -0.250. The lowest BCUT2D eigenvalue weighted by molar-refractivity contribution is 0.578. The molecule has 0 atom stereocenters. The Balaban J connectivity index is 2.98. The predicted octanol–water partition coefficient (Wildman–Crippen LogP) is 6.43. The number of hydrogen-bond donors (Lipinski definition) is 0.